The quantitative estimate of drug-likeness (QED) is 0.633. The van der Waals surface area contributed by atoms with Crippen molar-refractivity contribution in [2.75, 3.05) is 13.7 Å². The van der Waals surface area contributed by atoms with Gasteiger partial charge in [-0.05, 0) is 62.9 Å². The maximum absolute atomic E-state index is 12.1. The van der Waals surface area contributed by atoms with Gasteiger partial charge in [0.05, 0.1) is 7.11 Å². The van der Waals surface area contributed by atoms with E-state index >= 15 is 0 Å². The van der Waals surface area contributed by atoms with Crippen molar-refractivity contribution in [2.45, 2.75) is 45.2 Å². The van der Waals surface area contributed by atoms with Gasteiger partial charge in [0, 0.05) is 17.2 Å². The topological polar surface area (TPSA) is 63.7 Å². The van der Waals surface area contributed by atoms with Crippen molar-refractivity contribution < 1.29 is 19.1 Å². The molecule has 0 N–H and O–H groups in total. The molecule has 5 heteroatoms. The Morgan fingerprint density at radius 3 is 2.39 bits per heavy atom. The number of rotatable bonds is 3. The third-order valence-corrected chi connectivity index (χ3v) is 4.98. The van der Waals surface area contributed by atoms with Gasteiger partial charge in [0.25, 0.3) is 0 Å². The Kier molecular flexibility index (Phi) is 4.06. The Bertz CT molecular complexity index is 695. The van der Waals surface area contributed by atoms with E-state index in [-0.39, 0.29) is 29.6 Å². The Hall–Kier alpha value is -2.01. The van der Waals surface area contributed by atoms with Crippen LogP contribution < -0.4 is 0 Å². The summed E-state index contributed by atoms with van der Waals surface area (Å²) in [4.78, 5) is 38.1. The lowest BCUT2D eigenvalue weighted by molar-refractivity contribution is -0.147. The molecule has 2 atom stereocenters. The summed E-state index contributed by atoms with van der Waals surface area (Å²) in [6, 6.07) is 3.50. The fourth-order valence-electron chi connectivity index (χ4n) is 3.91. The van der Waals surface area contributed by atoms with E-state index in [1.54, 1.807) is 6.07 Å². The molecule has 2 aliphatic rings. The van der Waals surface area contributed by atoms with E-state index in [2.05, 4.69) is 4.90 Å². The van der Waals surface area contributed by atoms with Gasteiger partial charge in [-0.2, -0.15) is 0 Å². The number of ketones is 2. The first-order chi connectivity index (χ1) is 10.9. The second-order valence-electron chi connectivity index (χ2n) is 6.35. The van der Waals surface area contributed by atoms with Gasteiger partial charge in [-0.3, -0.25) is 19.3 Å². The zero-order valence-electron chi connectivity index (χ0n) is 13.7. The highest BCUT2D eigenvalue weighted by molar-refractivity contribution is 6.07. The summed E-state index contributed by atoms with van der Waals surface area (Å²) in [6.07, 6.45) is 2.50. The SMILES string of the molecule is COC(=O)C1Cc2cc(C(C)=O)c(C(C)=O)cc2[C@H]2CCCN12. The van der Waals surface area contributed by atoms with E-state index in [4.69, 9.17) is 4.74 Å². The Labute approximate surface area is 135 Å². The number of carbonyl (C=O) groups excluding carboxylic acids is 3. The number of benzene rings is 1. The number of nitrogens with zero attached hydrogens (tertiary/aromatic N) is 1. The Balaban J connectivity index is 2.13. The van der Waals surface area contributed by atoms with Gasteiger partial charge in [-0.15, -0.1) is 0 Å². The fraction of sp³-hybridized carbons (Fsp3) is 0.500. The lowest BCUT2D eigenvalue weighted by Crippen LogP contribution is -2.46. The standard InChI is InChI=1S/C18H21NO4/c1-10(20)13-7-12-8-17(18(22)23-3)19-6-4-5-16(19)15(12)9-14(13)11(2)21/h7,9,16-17H,4-6,8H2,1-3H3/t16-,17?/m1/s1. The third-order valence-electron chi connectivity index (χ3n) is 4.98. The second kappa shape index (κ2) is 5.89. The van der Waals surface area contributed by atoms with Crippen LogP contribution >= 0.6 is 0 Å². The summed E-state index contributed by atoms with van der Waals surface area (Å²) in [5, 5.41) is 0. The van der Waals surface area contributed by atoms with Crippen LogP contribution in [0.2, 0.25) is 0 Å². The van der Waals surface area contributed by atoms with Crippen LogP contribution in [0.3, 0.4) is 0 Å². The molecule has 1 unspecified atom stereocenters. The molecule has 0 aromatic heterocycles. The number of ether oxygens (including phenoxy) is 1. The normalized spacial score (nSPS) is 23.1. The number of methoxy groups -OCH3 is 1. The average Bonchev–Trinajstić information content (AvgIpc) is 3.01. The first kappa shape index (κ1) is 15.9. The van der Waals surface area contributed by atoms with Crippen molar-refractivity contribution in [3.8, 4) is 0 Å². The maximum atomic E-state index is 12.1. The van der Waals surface area contributed by atoms with Crippen molar-refractivity contribution in [1.82, 2.24) is 4.90 Å². The van der Waals surface area contributed by atoms with E-state index in [1.165, 1.54) is 21.0 Å². The van der Waals surface area contributed by atoms with Crippen LogP contribution in [-0.4, -0.2) is 42.1 Å². The number of hydrogen-bond donors (Lipinski definition) is 0. The van der Waals surface area contributed by atoms with Crippen LogP contribution in [0.5, 0.6) is 0 Å². The molecule has 2 heterocycles. The van der Waals surface area contributed by atoms with E-state index in [0.29, 0.717) is 17.5 Å². The minimum absolute atomic E-state index is 0.0994. The van der Waals surface area contributed by atoms with Crippen LogP contribution in [0, 0.1) is 0 Å². The summed E-state index contributed by atoms with van der Waals surface area (Å²) in [7, 11) is 1.41. The molecule has 1 aromatic rings. The van der Waals surface area contributed by atoms with Crippen molar-refractivity contribution in [3.63, 3.8) is 0 Å². The number of carbonyl (C=O) groups is 3. The van der Waals surface area contributed by atoms with Gasteiger partial charge in [0.2, 0.25) is 0 Å². The lowest BCUT2D eigenvalue weighted by Gasteiger charge is -2.38. The average molecular weight is 315 g/mol. The van der Waals surface area contributed by atoms with Crippen molar-refractivity contribution in [3.05, 3.63) is 34.4 Å². The van der Waals surface area contributed by atoms with Gasteiger partial charge in [-0.25, -0.2) is 0 Å². The predicted molar refractivity (Wildman–Crippen MR) is 84.6 cm³/mol. The maximum Gasteiger partial charge on any atom is 0.323 e. The molecule has 122 valence electrons. The molecule has 0 spiro atoms. The second-order valence-corrected chi connectivity index (χ2v) is 6.35. The highest BCUT2D eigenvalue weighted by Gasteiger charge is 2.41. The van der Waals surface area contributed by atoms with Crippen molar-refractivity contribution >= 4 is 17.5 Å². The monoisotopic (exact) mass is 315 g/mol. The van der Waals surface area contributed by atoms with Gasteiger partial charge in [0.1, 0.15) is 6.04 Å². The van der Waals surface area contributed by atoms with E-state index in [0.717, 1.165) is 30.5 Å². The van der Waals surface area contributed by atoms with Gasteiger partial charge < -0.3 is 4.74 Å². The van der Waals surface area contributed by atoms with Crippen LogP contribution in [0.1, 0.15) is 64.6 Å². The van der Waals surface area contributed by atoms with Crippen molar-refractivity contribution in [2.24, 2.45) is 0 Å². The van der Waals surface area contributed by atoms with E-state index in [1.807, 2.05) is 6.07 Å². The number of fused-ring (bicyclic) bond motifs is 3. The van der Waals surface area contributed by atoms with Crippen LogP contribution in [0.15, 0.2) is 12.1 Å². The number of esters is 1. The molecule has 0 aliphatic carbocycles. The first-order valence-electron chi connectivity index (χ1n) is 7.96. The molecule has 5 nitrogen and oxygen atoms in total. The minimum atomic E-state index is -0.303. The third kappa shape index (κ3) is 2.59. The molecule has 3 rings (SSSR count). The summed E-state index contributed by atoms with van der Waals surface area (Å²) >= 11 is 0. The molecule has 0 radical (unpaired) electrons. The van der Waals surface area contributed by atoms with E-state index < -0.39 is 0 Å². The summed E-state index contributed by atoms with van der Waals surface area (Å²) in [5.41, 5.74) is 3.00. The molecular weight excluding hydrogens is 294 g/mol. The molecule has 1 aromatic carbocycles. The Morgan fingerprint density at radius 1 is 1.13 bits per heavy atom. The summed E-state index contributed by atoms with van der Waals surface area (Å²) in [5.74, 6) is -0.457. The smallest absolute Gasteiger partial charge is 0.323 e. The minimum Gasteiger partial charge on any atom is -0.468 e. The highest BCUT2D eigenvalue weighted by Crippen LogP contribution is 2.41. The largest absolute Gasteiger partial charge is 0.468 e. The van der Waals surface area contributed by atoms with Gasteiger partial charge in [-0.1, -0.05) is 0 Å². The molecule has 23 heavy (non-hydrogen) atoms. The molecule has 0 bridgehead atoms. The molecule has 1 saturated heterocycles. The molecule has 0 saturated carbocycles. The molecular formula is C18H21NO4. The molecule has 1 fully saturated rings. The number of Topliss-reactive ketones (excluding diaryl/α,β-unsaturated/α-hetero) is 2. The van der Waals surface area contributed by atoms with Crippen LogP contribution in [0.25, 0.3) is 0 Å². The number of hydrogen-bond acceptors (Lipinski definition) is 5. The van der Waals surface area contributed by atoms with Gasteiger partial charge >= 0.3 is 5.97 Å². The van der Waals surface area contributed by atoms with Crippen molar-refractivity contribution in [1.29, 1.82) is 0 Å². The molecule has 2 aliphatic heterocycles. The summed E-state index contributed by atoms with van der Waals surface area (Å²) < 4.78 is 4.95. The van der Waals surface area contributed by atoms with Gasteiger partial charge in [0.15, 0.2) is 11.6 Å². The zero-order valence-corrected chi connectivity index (χ0v) is 13.7. The predicted octanol–water partition coefficient (Wildman–Crippen LogP) is 2.33. The van der Waals surface area contributed by atoms with Crippen LogP contribution in [-0.2, 0) is 16.0 Å². The first-order valence-corrected chi connectivity index (χ1v) is 7.96. The highest BCUT2D eigenvalue weighted by atomic mass is 16.5. The summed E-state index contributed by atoms with van der Waals surface area (Å²) in [6.45, 7) is 3.81. The zero-order chi connectivity index (χ0) is 16.7. The lowest BCUT2D eigenvalue weighted by atomic mass is 9.84. The van der Waals surface area contributed by atoms with E-state index in [9.17, 15) is 14.4 Å². The molecule has 0 amide bonds. The fourth-order valence-corrected chi connectivity index (χ4v) is 3.91. The Morgan fingerprint density at radius 2 is 1.78 bits per heavy atom. The van der Waals surface area contributed by atoms with Crippen LogP contribution in [0.4, 0.5) is 0 Å².